The number of carbonyl (C=O) groups is 1. The van der Waals surface area contributed by atoms with Gasteiger partial charge in [-0.05, 0) is 43.6 Å². The fourth-order valence-electron chi connectivity index (χ4n) is 3.47. The van der Waals surface area contributed by atoms with E-state index in [0.29, 0.717) is 0 Å². The Balaban J connectivity index is 1.71. The zero-order valence-electron chi connectivity index (χ0n) is 11.4. The van der Waals surface area contributed by atoms with Gasteiger partial charge in [0.15, 0.2) is 0 Å². The van der Waals surface area contributed by atoms with E-state index in [1.165, 1.54) is 12.8 Å². The monoisotopic (exact) mass is 270 g/mol. The summed E-state index contributed by atoms with van der Waals surface area (Å²) in [6, 6.07) is 5.86. The Morgan fingerprint density at radius 2 is 2.15 bits per heavy atom. The van der Waals surface area contributed by atoms with Gasteiger partial charge in [0.05, 0.1) is 5.71 Å². The zero-order chi connectivity index (χ0) is 13.5. The normalized spacial score (nSPS) is 24.7. The van der Waals surface area contributed by atoms with Gasteiger partial charge < -0.3 is 5.32 Å². The SMILES string of the molecule is O=C1NN=C(CN2CCCC2)C2CNc3cccc1c32. The summed E-state index contributed by atoms with van der Waals surface area (Å²) >= 11 is 0. The minimum absolute atomic E-state index is 0.0908. The summed E-state index contributed by atoms with van der Waals surface area (Å²) in [6.07, 6.45) is 2.54. The lowest BCUT2D eigenvalue weighted by molar-refractivity contribution is 0.0955. The minimum Gasteiger partial charge on any atom is -0.384 e. The second kappa shape index (κ2) is 4.59. The van der Waals surface area contributed by atoms with E-state index in [0.717, 1.165) is 48.7 Å². The molecule has 3 aliphatic heterocycles. The summed E-state index contributed by atoms with van der Waals surface area (Å²) in [5, 5.41) is 7.81. The lowest BCUT2D eigenvalue weighted by atomic mass is 9.91. The third kappa shape index (κ3) is 1.81. The van der Waals surface area contributed by atoms with E-state index < -0.39 is 0 Å². The molecule has 4 rings (SSSR count). The Morgan fingerprint density at radius 3 is 3.00 bits per heavy atom. The van der Waals surface area contributed by atoms with E-state index in [2.05, 4.69) is 20.7 Å². The first-order valence-electron chi connectivity index (χ1n) is 7.29. The van der Waals surface area contributed by atoms with Crippen molar-refractivity contribution in [3.63, 3.8) is 0 Å². The van der Waals surface area contributed by atoms with E-state index in [-0.39, 0.29) is 11.8 Å². The van der Waals surface area contributed by atoms with Gasteiger partial charge in [-0.3, -0.25) is 9.69 Å². The Bertz CT molecular complexity index is 590. The van der Waals surface area contributed by atoms with Crippen molar-refractivity contribution in [2.45, 2.75) is 18.8 Å². The average molecular weight is 270 g/mol. The molecule has 104 valence electrons. The Kier molecular flexibility index (Phi) is 2.73. The van der Waals surface area contributed by atoms with E-state index in [1.54, 1.807) is 0 Å². The molecule has 5 nitrogen and oxygen atoms in total. The fraction of sp³-hybridized carbons (Fsp3) is 0.467. The molecule has 1 aromatic carbocycles. The maximum atomic E-state index is 12.2. The van der Waals surface area contributed by atoms with Gasteiger partial charge in [-0.2, -0.15) is 5.10 Å². The van der Waals surface area contributed by atoms with E-state index >= 15 is 0 Å². The van der Waals surface area contributed by atoms with Crippen LogP contribution in [0, 0.1) is 0 Å². The summed E-state index contributed by atoms with van der Waals surface area (Å²) in [7, 11) is 0. The number of amides is 1. The molecule has 5 heteroatoms. The van der Waals surface area contributed by atoms with Gasteiger partial charge >= 0.3 is 0 Å². The van der Waals surface area contributed by atoms with Gasteiger partial charge in [0, 0.05) is 30.3 Å². The highest BCUT2D eigenvalue weighted by Gasteiger charge is 2.34. The average Bonchev–Trinajstić information content (AvgIpc) is 3.08. The van der Waals surface area contributed by atoms with Crippen LogP contribution >= 0.6 is 0 Å². The summed E-state index contributed by atoms with van der Waals surface area (Å²) in [5.74, 6) is 0.132. The highest BCUT2D eigenvalue weighted by molar-refractivity contribution is 6.06. The lowest BCUT2D eigenvalue weighted by Crippen LogP contribution is -2.32. The van der Waals surface area contributed by atoms with Crippen molar-refractivity contribution < 1.29 is 4.79 Å². The molecule has 2 N–H and O–H groups in total. The minimum atomic E-state index is -0.0908. The molecule has 1 atom stereocenters. The third-order valence-electron chi connectivity index (χ3n) is 4.48. The summed E-state index contributed by atoms with van der Waals surface area (Å²) in [4.78, 5) is 14.6. The smallest absolute Gasteiger partial charge is 0.271 e. The molecule has 3 aliphatic rings. The number of hydrogen-bond donors (Lipinski definition) is 2. The number of nitrogens with zero attached hydrogens (tertiary/aromatic N) is 2. The van der Waals surface area contributed by atoms with Crippen LogP contribution in [-0.2, 0) is 0 Å². The number of hydrazone groups is 1. The molecule has 0 saturated carbocycles. The summed E-state index contributed by atoms with van der Waals surface area (Å²) < 4.78 is 0. The predicted molar refractivity (Wildman–Crippen MR) is 78.2 cm³/mol. The van der Waals surface area contributed by atoms with E-state index in [9.17, 15) is 4.79 Å². The molecule has 0 aliphatic carbocycles. The topological polar surface area (TPSA) is 56.7 Å². The van der Waals surface area contributed by atoms with Crippen LogP contribution in [0.2, 0.25) is 0 Å². The Hall–Kier alpha value is -1.88. The molecule has 0 spiro atoms. The van der Waals surface area contributed by atoms with Gasteiger partial charge in [-0.1, -0.05) is 6.07 Å². The molecule has 1 aromatic rings. The summed E-state index contributed by atoms with van der Waals surface area (Å²) in [6.45, 7) is 3.98. The molecule has 0 bridgehead atoms. The maximum absolute atomic E-state index is 12.2. The standard InChI is InChI=1S/C15H18N4O/c20-15-10-4-3-5-12-14(10)11(8-16-12)13(17-18-15)9-19-6-1-2-7-19/h3-5,11,16H,1-2,6-9H2,(H,18,20). The second-order valence-electron chi connectivity index (χ2n) is 5.73. The van der Waals surface area contributed by atoms with E-state index in [1.807, 2.05) is 18.2 Å². The van der Waals surface area contributed by atoms with Crippen LogP contribution in [0.1, 0.15) is 34.7 Å². The number of hydrogen-bond acceptors (Lipinski definition) is 4. The van der Waals surface area contributed by atoms with Gasteiger partial charge in [-0.15, -0.1) is 0 Å². The molecule has 1 saturated heterocycles. The van der Waals surface area contributed by atoms with Crippen LogP contribution < -0.4 is 10.7 Å². The number of carbonyl (C=O) groups excluding carboxylic acids is 1. The van der Waals surface area contributed by atoms with Crippen molar-refractivity contribution >= 4 is 17.3 Å². The summed E-state index contributed by atoms with van der Waals surface area (Å²) in [5.41, 5.74) is 6.76. The first-order valence-corrected chi connectivity index (χ1v) is 7.29. The quantitative estimate of drug-likeness (QED) is 0.854. The molecule has 1 amide bonds. The highest BCUT2D eigenvalue weighted by atomic mass is 16.2. The number of rotatable bonds is 2. The fourth-order valence-corrected chi connectivity index (χ4v) is 3.47. The molecular weight excluding hydrogens is 252 g/mol. The van der Waals surface area contributed by atoms with Crippen LogP contribution in [0.15, 0.2) is 23.3 Å². The van der Waals surface area contributed by atoms with Gasteiger partial charge in [0.2, 0.25) is 0 Å². The molecule has 1 fully saturated rings. The Morgan fingerprint density at radius 1 is 1.30 bits per heavy atom. The zero-order valence-corrected chi connectivity index (χ0v) is 11.4. The maximum Gasteiger partial charge on any atom is 0.271 e. The number of nitrogens with one attached hydrogen (secondary N) is 2. The van der Waals surface area contributed by atoms with Crippen LogP contribution in [0.5, 0.6) is 0 Å². The molecule has 0 aromatic heterocycles. The first kappa shape index (κ1) is 11.9. The van der Waals surface area contributed by atoms with Crippen molar-refractivity contribution in [1.29, 1.82) is 0 Å². The largest absolute Gasteiger partial charge is 0.384 e. The lowest BCUT2D eigenvalue weighted by Gasteiger charge is -2.19. The van der Waals surface area contributed by atoms with Crippen LogP contribution in [-0.4, -0.2) is 42.7 Å². The van der Waals surface area contributed by atoms with Crippen molar-refractivity contribution in [2.24, 2.45) is 5.10 Å². The van der Waals surface area contributed by atoms with Crippen LogP contribution in [0.3, 0.4) is 0 Å². The molecule has 0 radical (unpaired) electrons. The van der Waals surface area contributed by atoms with Gasteiger partial charge in [0.1, 0.15) is 0 Å². The van der Waals surface area contributed by atoms with Crippen molar-refractivity contribution in [1.82, 2.24) is 10.3 Å². The van der Waals surface area contributed by atoms with Crippen LogP contribution in [0.4, 0.5) is 5.69 Å². The Labute approximate surface area is 118 Å². The van der Waals surface area contributed by atoms with Gasteiger partial charge in [0.25, 0.3) is 5.91 Å². The number of anilines is 1. The van der Waals surface area contributed by atoms with Gasteiger partial charge in [-0.25, -0.2) is 5.43 Å². The predicted octanol–water partition coefficient (Wildman–Crippen LogP) is 1.39. The second-order valence-corrected chi connectivity index (χ2v) is 5.73. The van der Waals surface area contributed by atoms with Crippen molar-refractivity contribution in [3.05, 3.63) is 29.3 Å². The third-order valence-corrected chi connectivity index (χ3v) is 4.48. The highest BCUT2D eigenvalue weighted by Crippen LogP contribution is 2.36. The molecule has 20 heavy (non-hydrogen) atoms. The number of likely N-dealkylation sites (tertiary alicyclic amines) is 1. The molecule has 1 unspecified atom stereocenters. The van der Waals surface area contributed by atoms with Crippen LogP contribution in [0.25, 0.3) is 0 Å². The van der Waals surface area contributed by atoms with Crippen molar-refractivity contribution in [3.8, 4) is 0 Å². The van der Waals surface area contributed by atoms with Crippen molar-refractivity contribution in [2.75, 3.05) is 31.5 Å². The molecular formula is C15H18N4O. The number of benzene rings is 1. The molecule has 3 heterocycles. The first-order chi connectivity index (χ1) is 9.83. The van der Waals surface area contributed by atoms with E-state index in [4.69, 9.17) is 0 Å².